The second-order valence-electron chi connectivity index (χ2n) is 9.16. The number of halogens is 2. The van der Waals surface area contributed by atoms with Crippen LogP contribution in [0.15, 0.2) is 109 Å². The first-order valence-corrected chi connectivity index (χ1v) is 13.2. The van der Waals surface area contributed by atoms with Gasteiger partial charge in [0.1, 0.15) is 10.0 Å². The Morgan fingerprint density at radius 1 is 0.476 bits per heavy atom. The quantitative estimate of drug-likeness (QED) is 0.102. The van der Waals surface area contributed by atoms with Gasteiger partial charge in [-0.05, 0) is 97.1 Å². The molecule has 0 aliphatic rings. The van der Waals surface area contributed by atoms with Gasteiger partial charge in [0, 0.05) is 57.6 Å². The van der Waals surface area contributed by atoms with Crippen LogP contribution in [0.25, 0.3) is 0 Å². The van der Waals surface area contributed by atoms with E-state index in [1.165, 1.54) is 24.3 Å². The van der Waals surface area contributed by atoms with Gasteiger partial charge in [0.2, 0.25) is 0 Å². The van der Waals surface area contributed by atoms with E-state index in [9.17, 15) is 20.2 Å². The van der Waals surface area contributed by atoms with Crippen molar-refractivity contribution in [3.05, 3.63) is 139 Å². The van der Waals surface area contributed by atoms with Crippen molar-refractivity contribution in [2.45, 2.75) is 0 Å². The largest absolute Gasteiger partial charge is 0.399 e. The molecule has 5 rings (SSSR count). The molecule has 0 radical (unpaired) electrons. The highest BCUT2D eigenvalue weighted by molar-refractivity contribution is 6.33. The molecule has 0 aliphatic heterocycles. The predicted molar refractivity (Wildman–Crippen MR) is 168 cm³/mol. The molecule has 210 valence electrons. The maximum Gasteiger partial charge on any atom is 0.288 e. The normalized spacial score (nSPS) is 10.7. The topological polar surface area (TPSA) is 145 Å². The number of benzene rings is 5. The standard InChI is InChI=1S/C30H22Cl2N6O4/c31-27-17-25(13-15-29(27)37(39)40)36(26-14-16-30(38(41)42)28(32)18-26)24-11-9-23(10-12-24)35(21-5-1-19(33)2-6-21)22-7-3-20(34)4-8-22/h1-18H,33-34H2. The Morgan fingerprint density at radius 2 is 0.738 bits per heavy atom. The molecular weight excluding hydrogens is 579 g/mol. The van der Waals surface area contributed by atoms with Crippen molar-refractivity contribution in [1.82, 2.24) is 0 Å². The van der Waals surface area contributed by atoms with Crippen LogP contribution in [0.2, 0.25) is 10.0 Å². The number of hydrogen-bond acceptors (Lipinski definition) is 8. The third kappa shape index (κ3) is 5.75. The zero-order valence-corrected chi connectivity index (χ0v) is 23.2. The summed E-state index contributed by atoms with van der Waals surface area (Å²) < 4.78 is 0. The lowest BCUT2D eigenvalue weighted by Gasteiger charge is -2.28. The SMILES string of the molecule is Nc1ccc(N(c2ccc(N)cc2)c2ccc(N(c3ccc([N+](=O)[O-])c(Cl)c3)c3ccc([N+](=O)[O-])c(Cl)c3)cc2)cc1. The van der Waals surface area contributed by atoms with Crippen molar-refractivity contribution < 1.29 is 9.85 Å². The van der Waals surface area contributed by atoms with E-state index >= 15 is 0 Å². The number of nitrogen functional groups attached to an aromatic ring is 2. The fraction of sp³-hybridized carbons (Fsp3) is 0. The third-order valence-electron chi connectivity index (χ3n) is 6.44. The van der Waals surface area contributed by atoms with Gasteiger partial charge in [-0.15, -0.1) is 0 Å². The molecule has 0 saturated heterocycles. The number of nitrogens with two attached hydrogens (primary N) is 2. The lowest BCUT2D eigenvalue weighted by Crippen LogP contribution is -2.12. The molecule has 4 N–H and O–H groups in total. The Balaban J connectivity index is 1.62. The van der Waals surface area contributed by atoms with E-state index in [0.29, 0.717) is 28.4 Å². The predicted octanol–water partition coefficient (Wildman–Crippen LogP) is 8.91. The van der Waals surface area contributed by atoms with Crippen LogP contribution in [0.5, 0.6) is 0 Å². The highest BCUT2D eigenvalue weighted by atomic mass is 35.5. The van der Waals surface area contributed by atoms with Crippen molar-refractivity contribution in [3.8, 4) is 0 Å². The zero-order valence-electron chi connectivity index (χ0n) is 21.7. The van der Waals surface area contributed by atoms with Gasteiger partial charge in [-0.2, -0.15) is 0 Å². The second kappa shape index (κ2) is 11.7. The van der Waals surface area contributed by atoms with E-state index < -0.39 is 9.85 Å². The van der Waals surface area contributed by atoms with E-state index in [-0.39, 0.29) is 21.4 Å². The summed E-state index contributed by atoms with van der Waals surface area (Å²) in [5.41, 5.74) is 16.8. The van der Waals surface area contributed by atoms with Gasteiger partial charge in [0.05, 0.1) is 9.85 Å². The molecule has 5 aromatic carbocycles. The van der Waals surface area contributed by atoms with Crippen LogP contribution in [0.4, 0.5) is 56.9 Å². The smallest absolute Gasteiger partial charge is 0.288 e. The molecule has 0 aliphatic carbocycles. The molecule has 0 heterocycles. The first kappa shape index (κ1) is 28.2. The minimum Gasteiger partial charge on any atom is -0.399 e. The number of anilines is 8. The second-order valence-corrected chi connectivity index (χ2v) is 9.97. The number of hydrogen-bond donors (Lipinski definition) is 2. The van der Waals surface area contributed by atoms with Crippen LogP contribution in [0.1, 0.15) is 0 Å². The number of nitro benzene ring substituents is 2. The van der Waals surface area contributed by atoms with Crippen LogP contribution in [-0.4, -0.2) is 9.85 Å². The Kier molecular flexibility index (Phi) is 7.83. The molecule has 10 nitrogen and oxygen atoms in total. The summed E-state index contributed by atoms with van der Waals surface area (Å²) in [7, 11) is 0. The molecule has 0 spiro atoms. The molecule has 42 heavy (non-hydrogen) atoms. The average molecular weight is 601 g/mol. The van der Waals surface area contributed by atoms with Crippen LogP contribution in [0.3, 0.4) is 0 Å². The van der Waals surface area contributed by atoms with Gasteiger partial charge in [-0.25, -0.2) is 0 Å². The van der Waals surface area contributed by atoms with E-state index in [0.717, 1.165) is 17.1 Å². The van der Waals surface area contributed by atoms with Crippen LogP contribution in [-0.2, 0) is 0 Å². The molecule has 0 aromatic heterocycles. The summed E-state index contributed by atoms with van der Waals surface area (Å²) in [4.78, 5) is 25.4. The molecule has 0 atom stereocenters. The minimum absolute atomic E-state index is 0.0648. The average Bonchev–Trinajstić information content (AvgIpc) is 2.96. The minimum atomic E-state index is -0.572. The van der Waals surface area contributed by atoms with Crippen molar-refractivity contribution in [2.75, 3.05) is 21.3 Å². The van der Waals surface area contributed by atoms with Crippen molar-refractivity contribution >= 4 is 80.1 Å². The zero-order chi connectivity index (χ0) is 30.0. The van der Waals surface area contributed by atoms with Gasteiger partial charge in [0.25, 0.3) is 11.4 Å². The lowest BCUT2D eigenvalue weighted by molar-refractivity contribution is -0.384. The molecule has 12 heteroatoms. The molecule has 0 amide bonds. The summed E-state index contributed by atoms with van der Waals surface area (Å²) in [6.45, 7) is 0. The first-order valence-electron chi connectivity index (χ1n) is 12.4. The van der Waals surface area contributed by atoms with Gasteiger partial charge in [-0.3, -0.25) is 20.2 Å². The highest BCUT2D eigenvalue weighted by Gasteiger charge is 2.21. The first-order chi connectivity index (χ1) is 20.1. The molecule has 0 unspecified atom stereocenters. The number of nitro groups is 2. The molecule has 5 aromatic rings. The van der Waals surface area contributed by atoms with Gasteiger partial charge < -0.3 is 21.3 Å². The summed E-state index contributed by atoms with van der Waals surface area (Å²) in [6, 6.07) is 31.0. The monoisotopic (exact) mass is 600 g/mol. The van der Waals surface area contributed by atoms with Crippen LogP contribution >= 0.6 is 23.2 Å². The molecule has 0 bridgehead atoms. The summed E-state index contributed by atoms with van der Waals surface area (Å²) in [6.07, 6.45) is 0. The summed E-state index contributed by atoms with van der Waals surface area (Å²) >= 11 is 12.5. The Labute approximate surface area is 250 Å². The fourth-order valence-corrected chi connectivity index (χ4v) is 4.95. The van der Waals surface area contributed by atoms with Gasteiger partial charge in [-0.1, -0.05) is 23.2 Å². The van der Waals surface area contributed by atoms with E-state index in [4.69, 9.17) is 34.7 Å². The summed E-state index contributed by atoms with van der Waals surface area (Å²) in [5.74, 6) is 0. The fourth-order valence-electron chi connectivity index (χ4n) is 4.46. The third-order valence-corrected chi connectivity index (χ3v) is 7.05. The molecular formula is C30H22Cl2N6O4. The van der Waals surface area contributed by atoms with Crippen LogP contribution < -0.4 is 21.3 Å². The van der Waals surface area contributed by atoms with Crippen molar-refractivity contribution in [1.29, 1.82) is 0 Å². The highest BCUT2D eigenvalue weighted by Crippen LogP contribution is 2.42. The maximum atomic E-state index is 11.4. The van der Waals surface area contributed by atoms with Crippen molar-refractivity contribution in [2.24, 2.45) is 0 Å². The Morgan fingerprint density at radius 3 is 1.02 bits per heavy atom. The molecule has 0 saturated carbocycles. The Bertz CT molecular complexity index is 1670. The Hall–Kier alpha value is -5.32. The lowest BCUT2D eigenvalue weighted by atomic mass is 10.1. The van der Waals surface area contributed by atoms with Gasteiger partial charge >= 0.3 is 0 Å². The maximum absolute atomic E-state index is 11.4. The van der Waals surface area contributed by atoms with E-state index in [1.54, 1.807) is 17.0 Å². The van der Waals surface area contributed by atoms with Crippen molar-refractivity contribution in [3.63, 3.8) is 0 Å². The van der Waals surface area contributed by atoms with E-state index in [1.807, 2.05) is 77.7 Å². The number of nitrogens with zero attached hydrogens (tertiary/aromatic N) is 4. The number of rotatable bonds is 8. The summed E-state index contributed by atoms with van der Waals surface area (Å²) in [5, 5.41) is 22.6. The van der Waals surface area contributed by atoms with Gasteiger partial charge in [0.15, 0.2) is 0 Å². The molecule has 0 fully saturated rings. The van der Waals surface area contributed by atoms with E-state index in [2.05, 4.69) is 0 Å². The van der Waals surface area contributed by atoms with Crippen LogP contribution in [0, 0.1) is 20.2 Å².